The zero-order valence-electron chi connectivity index (χ0n) is 23.0. The SMILES string of the molecule is CC1=[C-]C(C)(C)c2cc3c(cc21)-c1cc2c(cc1C3)C(C)(C)C=C2C.CC1=[C-]C(C)C=C1C.[Cl-].[Cl-].[Zr+4]. The average Bonchev–Trinajstić information content (AvgIpc) is 3.35. The van der Waals surface area contributed by atoms with Crippen LogP contribution in [0.4, 0.5) is 0 Å². The Balaban J connectivity index is 0.000000360. The zero-order chi connectivity index (χ0) is 23.9. The van der Waals surface area contributed by atoms with Gasteiger partial charge in [-0.3, -0.25) is 12.2 Å². The molecule has 0 spiro atoms. The molecule has 0 nitrogen and oxygen atoms in total. The summed E-state index contributed by atoms with van der Waals surface area (Å²) in [5.41, 5.74) is 17.3. The van der Waals surface area contributed by atoms with Crippen molar-refractivity contribution in [2.45, 2.75) is 79.6 Å². The number of hydrogen-bond acceptors (Lipinski definition) is 0. The fourth-order valence-corrected chi connectivity index (χ4v) is 6.27. The van der Waals surface area contributed by atoms with Gasteiger partial charge in [0.1, 0.15) is 0 Å². The van der Waals surface area contributed by atoms with E-state index < -0.39 is 0 Å². The smallest absolute Gasteiger partial charge is 1.00 e. The van der Waals surface area contributed by atoms with E-state index in [9.17, 15) is 0 Å². The van der Waals surface area contributed by atoms with E-state index in [0.717, 1.165) is 6.42 Å². The van der Waals surface area contributed by atoms with Crippen molar-refractivity contribution >= 4 is 11.1 Å². The van der Waals surface area contributed by atoms with Gasteiger partial charge in [-0.05, 0) is 58.4 Å². The molecule has 0 fully saturated rings. The van der Waals surface area contributed by atoms with E-state index in [2.05, 4.69) is 111 Å². The predicted molar refractivity (Wildman–Crippen MR) is 142 cm³/mol. The van der Waals surface area contributed by atoms with E-state index in [-0.39, 0.29) is 61.8 Å². The molecule has 0 aliphatic heterocycles. The summed E-state index contributed by atoms with van der Waals surface area (Å²) < 4.78 is 0. The summed E-state index contributed by atoms with van der Waals surface area (Å²) in [6.07, 6.45) is 12.7. The fraction of sp³-hybridized carbons (Fsp3) is 0.394. The van der Waals surface area contributed by atoms with Crippen molar-refractivity contribution in [2.75, 3.05) is 0 Å². The van der Waals surface area contributed by atoms with Gasteiger partial charge in [0.2, 0.25) is 0 Å². The van der Waals surface area contributed by atoms with Crippen molar-refractivity contribution in [1.82, 2.24) is 0 Å². The molecule has 2 aromatic carbocycles. The minimum absolute atomic E-state index is 0. The van der Waals surface area contributed by atoms with Crippen LogP contribution in [0.1, 0.15) is 95.7 Å². The van der Waals surface area contributed by atoms with Crippen LogP contribution in [0.15, 0.2) is 47.6 Å². The molecule has 0 saturated carbocycles. The van der Waals surface area contributed by atoms with Gasteiger partial charge in [0, 0.05) is 5.41 Å². The van der Waals surface area contributed by atoms with E-state index in [4.69, 9.17) is 0 Å². The van der Waals surface area contributed by atoms with Crippen LogP contribution in [0.3, 0.4) is 0 Å². The maximum absolute atomic E-state index is 3.65. The molecule has 0 heterocycles. The molecule has 0 aromatic heterocycles. The second kappa shape index (κ2) is 10.6. The van der Waals surface area contributed by atoms with E-state index in [1.54, 1.807) is 0 Å². The first kappa shape index (κ1) is 31.1. The maximum atomic E-state index is 3.65. The molecule has 0 bridgehead atoms. The Morgan fingerprint density at radius 1 is 0.722 bits per heavy atom. The summed E-state index contributed by atoms with van der Waals surface area (Å²) in [5, 5.41) is 0. The standard InChI is InChI=1S/C25H25.C8H11.2ClH.Zr/c1-14-12-24(3,4)22-8-16-7-17-9-23-19(15(2)13-25(23,5)6)11-21(17)20(16)10-18(14)22;1-6-4-7(2)8(3)5-6;;;/h8-12H,7H2,1-6H3;4,6H,1-3H3;2*1H;/q2*-1;;;+4/p-2. The molecular formula is C33H36Cl2Zr. The molecule has 36 heavy (non-hydrogen) atoms. The summed E-state index contributed by atoms with van der Waals surface area (Å²) >= 11 is 0. The minimum atomic E-state index is 0. The monoisotopic (exact) mass is 592 g/mol. The van der Waals surface area contributed by atoms with Gasteiger partial charge in [-0.15, -0.1) is 18.6 Å². The molecule has 0 N–H and O–H groups in total. The third-order valence-corrected chi connectivity index (χ3v) is 7.97. The van der Waals surface area contributed by atoms with Crippen LogP contribution in [0.25, 0.3) is 22.3 Å². The number of fused-ring (bicyclic) bond motifs is 5. The van der Waals surface area contributed by atoms with Crippen molar-refractivity contribution < 1.29 is 51.0 Å². The van der Waals surface area contributed by atoms with Gasteiger partial charge in [-0.25, -0.2) is 16.7 Å². The van der Waals surface area contributed by atoms with E-state index in [0.29, 0.717) is 5.92 Å². The Hall–Kier alpha value is -1.14. The van der Waals surface area contributed by atoms with Gasteiger partial charge >= 0.3 is 26.2 Å². The third kappa shape index (κ3) is 5.10. The molecule has 6 rings (SSSR count). The van der Waals surface area contributed by atoms with Crippen LogP contribution in [0.2, 0.25) is 0 Å². The molecule has 4 aliphatic carbocycles. The summed E-state index contributed by atoms with van der Waals surface area (Å²) in [6.45, 7) is 20.1. The summed E-state index contributed by atoms with van der Waals surface area (Å²) in [5.74, 6) is 0.551. The van der Waals surface area contributed by atoms with Gasteiger partial charge in [0.25, 0.3) is 0 Å². The van der Waals surface area contributed by atoms with Crippen LogP contribution in [0.5, 0.6) is 0 Å². The first-order chi connectivity index (χ1) is 15.4. The topological polar surface area (TPSA) is 0 Å². The Morgan fingerprint density at radius 2 is 1.28 bits per heavy atom. The van der Waals surface area contributed by atoms with Crippen molar-refractivity contribution in [1.29, 1.82) is 0 Å². The predicted octanol–water partition coefficient (Wildman–Crippen LogP) is 2.79. The largest absolute Gasteiger partial charge is 4.00 e. The van der Waals surface area contributed by atoms with Crippen LogP contribution >= 0.6 is 0 Å². The Kier molecular flexibility index (Phi) is 9.11. The Labute approximate surface area is 250 Å². The molecule has 3 heteroatoms. The van der Waals surface area contributed by atoms with Crippen LogP contribution in [-0.2, 0) is 43.5 Å². The molecule has 2 aromatic rings. The molecular weight excluding hydrogens is 558 g/mol. The minimum Gasteiger partial charge on any atom is -1.00 e. The first-order valence-electron chi connectivity index (χ1n) is 12.3. The Morgan fingerprint density at radius 3 is 1.78 bits per heavy atom. The van der Waals surface area contributed by atoms with Crippen LogP contribution < -0.4 is 24.8 Å². The number of benzene rings is 2. The van der Waals surface area contributed by atoms with Gasteiger partial charge < -0.3 is 24.8 Å². The maximum Gasteiger partial charge on any atom is 4.00 e. The van der Waals surface area contributed by atoms with E-state index in [1.807, 2.05) is 0 Å². The molecule has 0 amide bonds. The average molecular weight is 595 g/mol. The molecule has 0 saturated heterocycles. The number of hydrogen-bond donors (Lipinski definition) is 0. The number of halogens is 2. The number of rotatable bonds is 0. The molecule has 186 valence electrons. The Bertz CT molecular complexity index is 1230. The first-order valence-corrected chi connectivity index (χ1v) is 12.3. The normalized spacial score (nSPS) is 20.4. The molecule has 0 radical (unpaired) electrons. The van der Waals surface area contributed by atoms with Gasteiger partial charge in [0.15, 0.2) is 0 Å². The number of allylic oxidation sites excluding steroid dienone is 8. The van der Waals surface area contributed by atoms with Gasteiger partial charge in [-0.2, -0.15) is 11.6 Å². The second-order valence-electron chi connectivity index (χ2n) is 11.6. The summed E-state index contributed by atoms with van der Waals surface area (Å²) in [7, 11) is 0. The van der Waals surface area contributed by atoms with Crippen molar-refractivity contribution in [3.63, 3.8) is 0 Å². The van der Waals surface area contributed by atoms with Crippen molar-refractivity contribution in [3.8, 4) is 11.1 Å². The van der Waals surface area contributed by atoms with Gasteiger partial charge in [0.05, 0.1) is 0 Å². The van der Waals surface area contributed by atoms with Gasteiger partial charge in [-0.1, -0.05) is 78.0 Å². The van der Waals surface area contributed by atoms with Crippen LogP contribution in [-0.4, -0.2) is 0 Å². The summed E-state index contributed by atoms with van der Waals surface area (Å²) in [4.78, 5) is 0. The quantitative estimate of drug-likeness (QED) is 0.352. The van der Waals surface area contributed by atoms with Crippen molar-refractivity contribution in [2.24, 2.45) is 5.92 Å². The second-order valence-corrected chi connectivity index (χ2v) is 11.6. The molecule has 4 aliphatic rings. The zero-order valence-corrected chi connectivity index (χ0v) is 27.0. The fourth-order valence-electron chi connectivity index (χ4n) is 6.27. The van der Waals surface area contributed by atoms with Crippen LogP contribution in [0, 0.1) is 18.1 Å². The summed E-state index contributed by atoms with van der Waals surface area (Å²) in [6, 6.07) is 9.81. The van der Waals surface area contributed by atoms with E-state index in [1.165, 1.54) is 66.8 Å². The molecule has 1 unspecified atom stereocenters. The third-order valence-electron chi connectivity index (χ3n) is 7.97. The molecule has 1 atom stereocenters. The van der Waals surface area contributed by atoms with Crippen molar-refractivity contribution in [3.05, 3.63) is 93.1 Å². The van der Waals surface area contributed by atoms with E-state index >= 15 is 0 Å².